The molecular weight excluding hydrogens is 260 g/mol. The second kappa shape index (κ2) is 4.89. The summed E-state index contributed by atoms with van der Waals surface area (Å²) in [6.07, 6.45) is 0. The fourth-order valence-electron chi connectivity index (χ4n) is 2.85. The molecule has 2 N–H and O–H groups in total. The zero-order valence-corrected chi connectivity index (χ0v) is 12.8. The number of hydrogen-bond acceptors (Lipinski definition) is 3. The Morgan fingerprint density at radius 1 is 1.16 bits per heavy atom. The Hall–Kier alpha value is -0.910. The van der Waals surface area contributed by atoms with Gasteiger partial charge in [-0.15, -0.1) is 0 Å². The van der Waals surface area contributed by atoms with E-state index in [4.69, 9.17) is 5.73 Å². The highest BCUT2D eigenvalue weighted by molar-refractivity contribution is 7.89. The van der Waals surface area contributed by atoms with Crippen LogP contribution < -0.4 is 5.73 Å². The third-order valence-corrected chi connectivity index (χ3v) is 5.98. The predicted molar refractivity (Wildman–Crippen MR) is 76.6 cm³/mol. The van der Waals surface area contributed by atoms with E-state index in [9.17, 15) is 8.42 Å². The highest BCUT2D eigenvalue weighted by atomic mass is 32.2. The molecule has 1 aliphatic heterocycles. The minimum Gasteiger partial charge on any atom is -0.326 e. The van der Waals surface area contributed by atoms with Crippen LogP contribution in [0.4, 0.5) is 0 Å². The summed E-state index contributed by atoms with van der Waals surface area (Å²) in [6, 6.07) is 3.76. The Bertz CT molecular complexity index is 562. The summed E-state index contributed by atoms with van der Waals surface area (Å²) in [7, 11) is -3.43. The van der Waals surface area contributed by atoms with Crippen molar-refractivity contribution in [3.63, 3.8) is 0 Å². The van der Waals surface area contributed by atoms with Crippen LogP contribution >= 0.6 is 0 Å². The van der Waals surface area contributed by atoms with E-state index >= 15 is 0 Å². The Morgan fingerprint density at radius 3 is 2.11 bits per heavy atom. The molecule has 1 saturated heterocycles. The van der Waals surface area contributed by atoms with Gasteiger partial charge in [-0.25, -0.2) is 8.42 Å². The lowest BCUT2D eigenvalue weighted by molar-refractivity contribution is 0.463. The van der Waals surface area contributed by atoms with Crippen molar-refractivity contribution in [2.75, 3.05) is 13.1 Å². The van der Waals surface area contributed by atoms with Crippen LogP contribution in [0.1, 0.15) is 23.6 Å². The van der Waals surface area contributed by atoms with Gasteiger partial charge in [0.25, 0.3) is 0 Å². The third kappa shape index (κ3) is 2.55. The lowest BCUT2D eigenvalue weighted by atomic mass is 10.1. The topological polar surface area (TPSA) is 63.4 Å². The Morgan fingerprint density at radius 2 is 1.68 bits per heavy atom. The van der Waals surface area contributed by atoms with Gasteiger partial charge >= 0.3 is 0 Å². The molecule has 106 valence electrons. The smallest absolute Gasteiger partial charge is 0.243 e. The maximum absolute atomic E-state index is 12.7. The van der Waals surface area contributed by atoms with Crippen molar-refractivity contribution >= 4 is 10.0 Å². The van der Waals surface area contributed by atoms with Gasteiger partial charge in [-0.3, -0.25) is 0 Å². The molecule has 0 spiro atoms. The monoisotopic (exact) mass is 282 g/mol. The predicted octanol–water partition coefficient (Wildman–Crippen LogP) is 1.58. The van der Waals surface area contributed by atoms with Gasteiger partial charge in [0.2, 0.25) is 10.0 Å². The standard InChI is InChI=1S/C14H22N2O2S/c1-9-5-10(2)14(11(3)6-9)19(17,18)16-7-12(4)13(15)8-16/h5-6,12-13H,7-8,15H2,1-4H3. The van der Waals surface area contributed by atoms with Crippen LogP contribution in [0.3, 0.4) is 0 Å². The molecule has 1 fully saturated rings. The molecule has 2 rings (SSSR count). The number of aryl methyl sites for hydroxylation is 3. The largest absolute Gasteiger partial charge is 0.326 e. The van der Waals surface area contributed by atoms with E-state index in [1.165, 1.54) is 4.31 Å². The van der Waals surface area contributed by atoms with Gasteiger partial charge in [-0.2, -0.15) is 4.31 Å². The first-order valence-corrected chi connectivity index (χ1v) is 8.01. The quantitative estimate of drug-likeness (QED) is 0.895. The Balaban J connectivity index is 2.47. The number of sulfonamides is 1. The van der Waals surface area contributed by atoms with Crippen LogP contribution in [0.5, 0.6) is 0 Å². The van der Waals surface area contributed by atoms with Gasteiger partial charge in [0.1, 0.15) is 0 Å². The molecule has 0 saturated carbocycles. The molecule has 0 amide bonds. The lowest BCUT2D eigenvalue weighted by Gasteiger charge is -2.19. The van der Waals surface area contributed by atoms with Crippen LogP contribution in [0, 0.1) is 26.7 Å². The van der Waals surface area contributed by atoms with E-state index < -0.39 is 10.0 Å². The second-order valence-electron chi connectivity index (χ2n) is 5.69. The van der Waals surface area contributed by atoms with Crippen LogP contribution in [-0.4, -0.2) is 31.9 Å². The molecule has 19 heavy (non-hydrogen) atoms. The van der Waals surface area contributed by atoms with E-state index in [0.29, 0.717) is 18.0 Å². The van der Waals surface area contributed by atoms with Crippen molar-refractivity contribution < 1.29 is 8.42 Å². The fourth-order valence-corrected chi connectivity index (χ4v) is 4.83. The zero-order valence-electron chi connectivity index (χ0n) is 12.0. The van der Waals surface area contributed by atoms with E-state index in [1.807, 2.05) is 39.8 Å². The van der Waals surface area contributed by atoms with E-state index in [1.54, 1.807) is 0 Å². The van der Waals surface area contributed by atoms with Crippen LogP contribution in [0.2, 0.25) is 0 Å². The summed E-state index contributed by atoms with van der Waals surface area (Å²) < 4.78 is 27.0. The molecule has 0 radical (unpaired) electrons. The lowest BCUT2D eigenvalue weighted by Crippen LogP contribution is -2.33. The van der Waals surface area contributed by atoms with E-state index in [-0.39, 0.29) is 12.0 Å². The average molecular weight is 282 g/mol. The summed E-state index contributed by atoms with van der Waals surface area (Å²) >= 11 is 0. The molecule has 2 unspecified atom stereocenters. The van der Waals surface area contributed by atoms with Crippen molar-refractivity contribution in [3.8, 4) is 0 Å². The van der Waals surface area contributed by atoms with Gasteiger partial charge < -0.3 is 5.73 Å². The molecule has 0 bridgehead atoms. The molecule has 1 aliphatic rings. The van der Waals surface area contributed by atoms with Crippen LogP contribution in [0.25, 0.3) is 0 Å². The number of benzene rings is 1. The first kappa shape index (κ1) is 14.5. The van der Waals surface area contributed by atoms with Crippen LogP contribution in [0.15, 0.2) is 17.0 Å². The fraction of sp³-hybridized carbons (Fsp3) is 0.571. The Kier molecular flexibility index (Phi) is 3.73. The normalized spacial score (nSPS) is 24.9. The van der Waals surface area contributed by atoms with Crippen molar-refractivity contribution in [3.05, 3.63) is 28.8 Å². The molecule has 0 aromatic heterocycles. The molecule has 1 aromatic carbocycles. The highest BCUT2D eigenvalue weighted by Crippen LogP contribution is 2.28. The van der Waals surface area contributed by atoms with Gasteiger partial charge in [0.15, 0.2) is 0 Å². The molecular formula is C14H22N2O2S. The minimum atomic E-state index is -3.43. The van der Waals surface area contributed by atoms with E-state index in [2.05, 4.69) is 0 Å². The third-order valence-electron chi connectivity index (χ3n) is 3.84. The van der Waals surface area contributed by atoms with Gasteiger partial charge in [0.05, 0.1) is 4.90 Å². The second-order valence-corrected chi connectivity index (χ2v) is 7.57. The van der Waals surface area contributed by atoms with Crippen LogP contribution in [-0.2, 0) is 10.0 Å². The summed E-state index contributed by atoms with van der Waals surface area (Å²) in [6.45, 7) is 8.60. The number of rotatable bonds is 2. The molecule has 1 aromatic rings. The zero-order chi connectivity index (χ0) is 14.4. The van der Waals surface area contributed by atoms with Crippen molar-refractivity contribution in [2.24, 2.45) is 11.7 Å². The molecule has 1 heterocycles. The SMILES string of the molecule is Cc1cc(C)c(S(=O)(=O)N2CC(C)C(N)C2)c(C)c1. The molecule has 5 heteroatoms. The van der Waals surface area contributed by atoms with Gasteiger partial charge in [-0.05, 0) is 37.8 Å². The van der Waals surface area contributed by atoms with Crippen molar-refractivity contribution in [1.82, 2.24) is 4.31 Å². The first-order valence-electron chi connectivity index (χ1n) is 6.57. The minimum absolute atomic E-state index is 0.0687. The maximum atomic E-state index is 12.7. The van der Waals surface area contributed by atoms with Crippen molar-refractivity contribution in [1.29, 1.82) is 0 Å². The first-order chi connectivity index (χ1) is 8.73. The summed E-state index contributed by atoms with van der Waals surface area (Å²) in [5.41, 5.74) is 8.64. The number of hydrogen-bond donors (Lipinski definition) is 1. The highest BCUT2D eigenvalue weighted by Gasteiger charge is 2.36. The number of nitrogens with zero attached hydrogens (tertiary/aromatic N) is 1. The average Bonchev–Trinajstić information content (AvgIpc) is 2.57. The summed E-state index contributed by atoms with van der Waals surface area (Å²) in [5, 5.41) is 0. The molecule has 4 nitrogen and oxygen atoms in total. The summed E-state index contributed by atoms with van der Waals surface area (Å²) in [4.78, 5) is 0.444. The number of nitrogens with two attached hydrogens (primary N) is 1. The summed E-state index contributed by atoms with van der Waals surface area (Å²) in [5.74, 6) is 0.209. The van der Waals surface area contributed by atoms with Gasteiger partial charge in [0, 0.05) is 19.1 Å². The maximum Gasteiger partial charge on any atom is 0.243 e. The molecule has 2 atom stereocenters. The van der Waals surface area contributed by atoms with Gasteiger partial charge in [-0.1, -0.05) is 24.6 Å². The van der Waals surface area contributed by atoms with E-state index in [0.717, 1.165) is 16.7 Å². The molecule has 0 aliphatic carbocycles. The Labute approximate surface area is 115 Å². The van der Waals surface area contributed by atoms with Crippen molar-refractivity contribution in [2.45, 2.75) is 38.6 Å².